The molecule has 1 aromatic rings. The number of hydrogen-bond acceptors (Lipinski definition) is 5. The van der Waals surface area contributed by atoms with Gasteiger partial charge < -0.3 is 10.2 Å². The van der Waals surface area contributed by atoms with Crippen LogP contribution < -0.4 is 5.32 Å². The Bertz CT molecular complexity index is 1070. The van der Waals surface area contributed by atoms with E-state index in [-0.39, 0.29) is 30.1 Å². The number of nitrogens with one attached hydrogen (secondary N) is 1. The van der Waals surface area contributed by atoms with Crippen LogP contribution in [0.1, 0.15) is 78.4 Å². The van der Waals surface area contributed by atoms with Crippen molar-refractivity contribution in [2.75, 3.05) is 32.9 Å². The Morgan fingerprint density at radius 3 is 2.31 bits per heavy atom. The summed E-state index contributed by atoms with van der Waals surface area (Å²) in [5.41, 5.74) is 3.58. The van der Waals surface area contributed by atoms with Crippen molar-refractivity contribution in [3.05, 3.63) is 34.4 Å². The third kappa shape index (κ3) is 7.37. The molecule has 0 aromatic heterocycles. The molecule has 2 amide bonds. The molecule has 10 heteroatoms. The number of alkyl halides is 3. The fourth-order valence-corrected chi connectivity index (χ4v) is 7.19. The molecule has 0 atom stereocenters. The Hall–Kier alpha value is -2.07. The standard InChI is InChI=1S/C29H41F3N4O2S/c1-19-17-23(26(37)35(3)4)18-20(2)24(19)10-16-39-36-14-12-28(13-15-36)27(38)33-25(34-28)22-7-5-21(6-8-22)9-11-29(30,31)32/h17-18,21-22H,5-16H2,1-4H3,(H,33,34,38). The van der Waals surface area contributed by atoms with Crippen LogP contribution in [-0.2, 0) is 11.2 Å². The first-order valence-corrected chi connectivity index (χ1v) is 15.0. The summed E-state index contributed by atoms with van der Waals surface area (Å²) in [5, 5.41) is 3.05. The normalized spacial score (nSPS) is 23.6. The van der Waals surface area contributed by atoms with Crippen LogP contribution in [0.3, 0.4) is 0 Å². The number of benzene rings is 1. The van der Waals surface area contributed by atoms with Crippen molar-refractivity contribution in [2.45, 2.75) is 83.4 Å². The lowest BCUT2D eigenvalue weighted by atomic mass is 9.79. The summed E-state index contributed by atoms with van der Waals surface area (Å²) in [7, 11) is 3.52. The van der Waals surface area contributed by atoms with Crippen LogP contribution in [0.5, 0.6) is 0 Å². The highest BCUT2D eigenvalue weighted by molar-refractivity contribution is 7.97. The zero-order chi connectivity index (χ0) is 28.4. The van der Waals surface area contributed by atoms with Gasteiger partial charge in [0.1, 0.15) is 11.4 Å². The minimum absolute atomic E-state index is 0.0137. The lowest BCUT2D eigenvalue weighted by Gasteiger charge is -2.34. The first-order valence-electron chi connectivity index (χ1n) is 14.0. The number of halogens is 3. The number of carbonyl (C=O) groups is 2. The fraction of sp³-hybridized carbons (Fsp3) is 0.690. The molecule has 0 bridgehead atoms. The molecule has 3 aliphatic rings. The third-order valence-corrected chi connectivity index (χ3v) is 9.71. The van der Waals surface area contributed by atoms with Gasteiger partial charge in [0.25, 0.3) is 11.8 Å². The van der Waals surface area contributed by atoms with Gasteiger partial charge in [-0.3, -0.25) is 18.9 Å². The number of piperidine rings is 1. The average molecular weight is 567 g/mol. The molecule has 2 aliphatic heterocycles. The molecule has 1 saturated carbocycles. The SMILES string of the molecule is Cc1cc(C(=O)N(C)C)cc(C)c1CCSN1CCC2(CC1)N=C(C1CCC(CCC(F)(F)F)CC1)NC2=O. The van der Waals surface area contributed by atoms with Gasteiger partial charge in [-0.1, -0.05) is 11.9 Å². The molecule has 2 fully saturated rings. The summed E-state index contributed by atoms with van der Waals surface area (Å²) in [6, 6.07) is 3.95. The van der Waals surface area contributed by atoms with E-state index in [0.29, 0.717) is 12.8 Å². The lowest BCUT2D eigenvalue weighted by Crippen LogP contribution is -2.47. The Labute approximate surface area is 234 Å². The maximum Gasteiger partial charge on any atom is 0.389 e. The number of amidine groups is 1. The van der Waals surface area contributed by atoms with E-state index in [1.807, 2.05) is 12.1 Å². The van der Waals surface area contributed by atoms with Gasteiger partial charge in [0.2, 0.25) is 0 Å². The van der Waals surface area contributed by atoms with Crippen LogP contribution >= 0.6 is 11.9 Å². The van der Waals surface area contributed by atoms with Gasteiger partial charge in [0, 0.05) is 50.8 Å². The van der Waals surface area contributed by atoms with Gasteiger partial charge >= 0.3 is 6.18 Å². The van der Waals surface area contributed by atoms with E-state index in [9.17, 15) is 22.8 Å². The largest absolute Gasteiger partial charge is 0.389 e. The third-order valence-electron chi connectivity index (χ3n) is 8.59. The van der Waals surface area contributed by atoms with Gasteiger partial charge in [-0.15, -0.1) is 0 Å². The molecule has 0 radical (unpaired) electrons. The number of amides is 2. The van der Waals surface area contributed by atoms with Crippen LogP contribution in [0, 0.1) is 25.7 Å². The monoisotopic (exact) mass is 566 g/mol. The van der Waals surface area contributed by atoms with Crippen LogP contribution in [-0.4, -0.2) is 71.5 Å². The number of aliphatic imine (C=N–C) groups is 1. The van der Waals surface area contributed by atoms with Crippen molar-refractivity contribution >= 4 is 29.6 Å². The first kappa shape index (κ1) is 29.9. The number of carbonyl (C=O) groups excluding carboxylic acids is 2. The van der Waals surface area contributed by atoms with E-state index >= 15 is 0 Å². The van der Waals surface area contributed by atoms with Crippen molar-refractivity contribution < 1.29 is 22.8 Å². The van der Waals surface area contributed by atoms with E-state index in [1.54, 1.807) is 30.9 Å². The summed E-state index contributed by atoms with van der Waals surface area (Å²) in [5.74, 6) is 1.94. The molecular weight excluding hydrogens is 525 g/mol. The van der Waals surface area contributed by atoms with Gasteiger partial charge in [0.05, 0.1) is 0 Å². The van der Waals surface area contributed by atoms with Gasteiger partial charge in [-0.25, -0.2) is 0 Å². The second-order valence-electron chi connectivity index (χ2n) is 11.7. The van der Waals surface area contributed by atoms with Crippen molar-refractivity contribution in [3.63, 3.8) is 0 Å². The summed E-state index contributed by atoms with van der Waals surface area (Å²) in [6.45, 7) is 5.70. The van der Waals surface area contributed by atoms with Crippen LogP contribution in [0.2, 0.25) is 0 Å². The zero-order valence-corrected chi connectivity index (χ0v) is 24.3. The second kappa shape index (κ2) is 12.2. The molecule has 6 nitrogen and oxygen atoms in total. The summed E-state index contributed by atoms with van der Waals surface area (Å²) in [6.07, 6.45) is 0.790. The van der Waals surface area contributed by atoms with Gasteiger partial charge in [0.15, 0.2) is 0 Å². The van der Waals surface area contributed by atoms with Gasteiger partial charge in [-0.05, 0) is 100.0 Å². The fourth-order valence-electron chi connectivity index (χ4n) is 6.20. The highest BCUT2D eigenvalue weighted by atomic mass is 32.2. The molecule has 216 valence electrons. The highest BCUT2D eigenvalue weighted by Crippen LogP contribution is 2.38. The first-order chi connectivity index (χ1) is 18.4. The highest BCUT2D eigenvalue weighted by Gasteiger charge is 2.47. The molecule has 39 heavy (non-hydrogen) atoms. The maximum absolute atomic E-state index is 13.0. The van der Waals surface area contributed by atoms with Crippen molar-refractivity contribution in [1.29, 1.82) is 0 Å². The second-order valence-corrected chi connectivity index (χ2v) is 12.8. The number of rotatable bonds is 8. The molecule has 4 rings (SSSR count). The summed E-state index contributed by atoms with van der Waals surface area (Å²) < 4.78 is 40.0. The number of nitrogens with zero attached hydrogens (tertiary/aromatic N) is 3. The Kier molecular flexibility index (Phi) is 9.36. The Morgan fingerprint density at radius 2 is 1.74 bits per heavy atom. The van der Waals surface area contributed by atoms with E-state index < -0.39 is 18.1 Å². The average Bonchev–Trinajstić information content (AvgIpc) is 3.20. The predicted octanol–water partition coefficient (Wildman–Crippen LogP) is 5.71. The van der Waals surface area contributed by atoms with Crippen LogP contribution in [0.4, 0.5) is 13.2 Å². The zero-order valence-electron chi connectivity index (χ0n) is 23.5. The van der Waals surface area contributed by atoms with Crippen LogP contribution in [0.25, 0.3) is 0 Å². The van der Waals surface area contributed by atoms with Crippen molar-refractivity contribution in [2.24, 2.45) is 16.8 Å². The van der Waals surface area contributed by atoms with Crippen LogP contribution in [0.15, 0.2) is 17.1 Å². The number of aryl methyl sites for hydroxylation is 2. The lowest BCUT2D eigenvalue weighted by molar-refractivity contribution is -0.138. The molecule has 1 aliphatic carbocycles. The molecular formula is C29H41F3N4O2S. The van der Waals surface area contributed by atoms with E-state index in [4.69, 9.17) is 4.99 Å². The van der Waals surface area contributed by atoms with Crippen molar-refractivity contribution in [1.82, 2.24) is 14.5 Å². The molecule has 2 heterocycles. The van der Waals surface area contributed by atoms with E-state index in [0.717, 1.165) is 73.5 Å². The molecule has 0 unspecified atom stereocenters. The van der Waals surface area contributed by atoms with Crippen molar-refractivity contribution in [3.8, 4) is 0 Å². The Balaban J connectivity index is 1.25. The maximum atomic E-state index is 13.0. The predicted molar refractivity (Wildman–Crippen MR) is 150 cm³/mol. The van der Waals surface area contributed by atoms with E-state index in [2.05, 4.69) is 23.5 Å². The smallest absolute Gasteiger partial charge is 0.345 e. The van der Waals surface area contributed by atoms with E-state index in [1.165, 1.54) is 5.56 Å². The minimum Gasteiger partial charge on any atom is -0.345 e. The number of hydrogen-bond donors (Lipinski definition) is 1. The molecule has 1 saturated heterocycles. The minimum atomic E-state index is -4.09. The van der Waals surface area contributed by atoms with Gasteiger partial charge in [-0.2, -0.15) is 13.2 Å². The molecule has 1 spiro atoms. The topological polar surface area (TPSA) is 65.0 Å². The summed E-state index contributed by atoms with van der Waals surface area (Å²) >= 11 is 1.80. The quantitative estimate of drug-likeness (QED) is 0.410. The molecule has 1 N–H and O–H groups in total. The Morgan fingerprint density at radius 1 is 1.13 bits per heavy atom. The molecule has 1 aromatic carbocycles. The summed E-state index contributed by atoms with van der Waals surface area (Å²) in [4.78, 5) is 31.8.